The molecule has 66 heavy (non-hydrogen) atoms. The predicted octanol–water partition coefficient (Wildman–Crippen LogP) is 2.03. The fourth-order valence-electron chi connectivity index (χ4n) is 15.0. The van der Waals surface area contributed by atoms with E-state index < -0.39 is 126 Å². The monoisotopic (exact) mass is 939 g/mol. The van der Waals surface area contributed by atoms with Crippen LogP contribution in [0.1, 0.15) is 120 Å². The van der Waals surface area contributed by atoms with Crippen LogP contribution in [0, 0.1) is 50.2 Å². The molecule has 0 unspecified atom stereocenters. The van der Waals surface area contributed by atoms with E-state index in [-0.39, 0.29) is 40.3 Å². The quantitative estimate of drug-likeness (QED) is 0.128. The van der Waals surface area contributed by atoms with E-state index >= 15 is 4.79 Å². The van der Waals surface area contributed by atoms with Gasteiger partial charge in [-0.15, -0.1) is 0 Å². The molecule has 376 valence electrons. The highest BCUT2D eigenvalue weighted by atomic mass is 16.8. The number of aliphatic hydroxyl groups excluding tert-OH is 8. The smallest absolute Gasteiger partial charge is 0.312 e. The Morgan fingerprint density at radius 2 is 1.26 bits per heavy atom. The number of ether oxygens (including phenoxy) is 7. The van der Waals surface area contributed by atoms with Crippen molar-refractivity contribution < 1.29 is 83.6 Å². The topological polar surface area (TPSA) is 261 Å². The van der Waals surface area contributed by atoms with Crippen LogP contribution >= 0.6 is 0 Å². The number of hydrogen-bond donors (Lipinski definition) is 8. The SMILES string of the molecule is COC(=O)[C@]12CCC(C)(C)C[C@H]1C1=CC(=O)[C@@H]3[C@@]4(C)CC[C@H](O[C@@H]5O[C@H](CO)[C@@H](O[C@@H]6O[C@@H](C)[C@H](O)[C@@H](O)[C@H]6O)[C@H](O)[C@H]5O[C@@H]5O[C@@H](C)[C@H](O)[C@@H](O)[C@H]5O)C(C)(C)[C@@H]4CC[C@@]3(C)[C@]1(C)CC2. The Hall–Kier alpha value is -1.68. The van der Waals surface area contributed by atoms with E-state index in [0.717, 1.165) is 44.1 Å². The highest BCUT2D eigenvalue weighted by molar-refractivity contribution is 5.96. The number of methoxy groups -OCH3 is 1. The molecule has 8 rings (SSSR count). The van der Waals surface area contributed by atoms with Gasteiger partial charge in [-0.25, -0.2) is 0 Å². The number of esters is 1. The predicted molar refractivity (Wildman–Crippen MR) is 233 cm³/mol. The number of carbonyl (C=O) groups excluding carboxylic acids is 2. The standard InChI is InChI=1S/C49H78O17/c1-22-30(52)32(54)34(56)40(61-22)65-37-27(21-50)63-42(38(36(37)58)66-41-35(57)33(55)31(53)23(2)62-41)64-29-12-13-46(7)28(45(29,5)6)11-14-48(9)39(46)26(51)19-24-25-20-44(3,4)15-17-49(25,43(59)60-10)18-16-47(24,48)8/h19,22-23,25,27-42,50,52-58H,11-18,20-21H2,1-10H3/t22-,23-,25-,27+,28-,29-,30-,31-,32+,33+,34+,35+,36-,37+,38+,39+,40-,41-,42-,46-,47+,48+,49-/m0/s1. The van der Waals surface area contributed by atoms with Gasteiger partial charge >= 0.3 is 5.97 Å². The highest BCUT2D eigenvalue weighted by Crippen LogP contribution is 2.75. The van der Waals surface area contributed by atoms with Crippen molar-refractivity contribution in [3.63, 3.8) is 0 Å². The van der Waals surface area contributed by atoms with E-state index in [2.05, 4.69) is 48.5 Å². The first kappa shape index (κ1) is 50.7. The minimum Gasteiger partial charge on any atom is -0.469 e. The van der Waals surface area contributed by atoms with Crippen molar-refractivity contribution in [1.29, 1.82) is 0 Å². The zero-order valence-electron chi connectivity index (χ0n) is 40.4. The maximum absolute atomic E-state index is 15.1. The van der Waals surface area contributed by atoms with Gasteiger partial charge in [0.25, 0.3) is 0 Å². The second-order valence-corrected chi connectivity index (χ2v) is 23.6. The number of rotatable bonds is 8. The summed E-state index contributed by atoms with van der Waals surface area (Å²) in [5.74, 6) is -0.486. The first-order valence-corrected chi connectivity index (χ1v) is 24.4. The van der Waals surface area contributed by atoms with Gasteiger partial charge in [-0.05, 0) is 117 Å². The highest BCUT2D eigenvalue weighted by Gasteiger charge is 2.72. The van der Waals surface area contributed by atoms with Crippen LogP contribution in [0.25, 0.3) is 0 Å². The summed E-state index contributed by atoms with van der Waals surface area (Å²) >= 11 is 0. The van der Waals surface area contributed by atoms with Crippen LogP contribution in [-0.4, -0.2) is 165 Å². The van der Waals surface area contributed by atoms with Crippen LogP contribution in [0.2, 0.25) is 0 Å². The van der Waals surface area contributed by atoms with Crippen molar-refractivity contribution in [2.45, 2.75) is 218 Å². The summed E-state index contributed by atoms with van der Waals surface area (Å²) < 4.78 is 42.6. The third kappa shape index (κ3) is 7.71. The molecule has 17 heteroatoms. The van der Waals surface area contributed by atoms with Crippen LogP contribution in [0.5, 0.6) is 0 Å². The Morgan fingerprint density at radius 1 is 0.682 bits per heavy atom. The second kappa shape index (κ2) is 17.6. The fourth-order valence-corrected chi connectivity index (χ4v) is 15.0. The molecule has 23 atom stereocenters. The molecule has 7 fully saturated rings. The number of fused-ring (bicyclic) bond motifs is 7. The van der Waals surface area contributed by atoms with E-state index in [4.69, 9.17) is 33.2 Å². The van der Waals surface area contributed by atoms with Crippen molar-refractivity contribution >= 4 is 11.8 Å². The molecule has 0 aromatic heterocycles. The summed E-state index contributed by atoms with van der Waals surface area (Å²) in [5, 5.41) is 86.7. The van der Waals surface area contributed by atoms with E-state index in [1.54, 1.807) is 0 Å². The van der Waals surface area contributed by atoms with E-state index in [0.29, 0.717) is 19.3 Å². The van der Waals surface area contributed by atoms with Crippen molar-refractivity contribution in [3.05, 3.63) is 11.6 Å². The molecule has 0 aromatic carbocycles. The van der Waals surface area contributed by atoms with Gasteiger partial charge in [-0.3, -0.25) is 9.59 Å². The van der Waals surface area contributed by atoms with Crippen LogP contribution in [-0.2, 0) is 42.7 Å². The molecule has 8 N–H and O–H groups in total. The summed E-state index contributed by atoms with van der Waals surface area (Å²) in [6.07, 6.45) is -14.4. The van der Waals surface area contributed by atoms with Gasteiger partial charge in [0, 0.05) is 5.92 Å². The number of allylic oxidation sites excluding steroid dienone is 2. The van der Waals surface area contributed by atoms with Crippen molar-refractivity contribution in [3.8, 4) is 0 Å². The molecule has 0 radical (unpaired) electrons. The summed E-state index contributed by atoms with van der Waals surface area (Å²) in [7, 11) is 1.47. The first-order valence-electron chi connectivity index (χ1n) is 24.4. The summed E-state index contributed by atoms with van der Waals surface area (Å²) in [4.78, 5) is 28.9. The molecule has 3 aliphatic heterocycles. The summed E-state index contributed by atoms with van der Waals surface area (Å²) in [6, 6.07) is 0. The Labute approximate surface area is 388 Å². The number of aliphatic hydroxyl groups is 8. The van der Waals surface area contributed by atoms with Gasteiger partial charge in [0.1, 0.15) is 61.0 Å². The summed E-state index contributed by atoms with van der Waals surface area (Å²) in [5.41, 5.74) is -1.32. The van der Waals surface area contributed by atoms with Gasteiger partial charge in [0.2, 0.25) is 0 Å². The van der Waals surface area contributed by atoms with E-state index in [1.807, 2.05) is 6.08 Å². The minimum atomic E-state index is -1.77. The normalized spacial score (nSPS) is 53.3. The zero-order chi connectivity index (χ0) is 48.4. The fraction of sp³-hybridized carbons (Fsp3) is 0.918. The molecular formula is C49H78O17. The summed E-state index contributed by atoms with van der Waals surface area (Å²) in [6.45, 7) is 17.9. The lowest BCUT2D eigenvalue weighted by Crippen LogP contribution is -2.68. The molecular weight excluding hydrogens is 861 g/mol. The van der Waals surface area contributed by atoms with Crippen LogP contribution < -0.4 is 0 Å². The molecule has 0 spiro atoms. The lowest BCUT2D eigenvalue weighted by molar-refractivity contribution is -0.393. The van der Waals surface area contributed by atoms with Gasteiger partial charge in [0.15, 0.2) is 24.7 Å². The maximum atomic E-state index is 15.1. The molecule has 3 heterocycles. The van der Waals surface area contributed by atoms with Crippen LogP contribution in [0.4, 0.5) is 0 Å². The molecule has 4 saturated carbocycles. The van der Waals surface area contributed by atoms with Crippen LogP contribution in [0.3, 0.4) is 0 Å². The molecule has 5 aliphatic carbocycles. The molecule has 0 amide bonds. The zero-order valence-corrected chi connectivity index (χ0v) is 40.4. The van der Waals surface area contributed by atoms with Gasteiger partial charge < -0.3 is 74.0 Å². The number of carbonyl (C=O) groups is 2. The van der Waals surface area contributed by atoms with Gasteiger partial charge in [0.05, 0.1) is 37.4 Å². The first-order chi connectivity index (χ1) is 30.7. The van der Waals surface area contributed by atoms with Crippen molar-refractivity contribution in [1.82, 2.24) is 0 Å². The largest absolute Gasteiger partial charge is 0.469 e. The average molecular weight is 939 g/mol. The number of hydrogen-bond acceptors (Lipinski definition) is 17. The van der Waals surface area contributed by atoms with Crippen molar-refractivity contribution in [2.75, 3.05) is 13.7 Å². The Balaban J connectivity index is 1.08. The molecule has 3 saturated heterocycles. The van der Waals surface area contributed by atoms with Gasteiger partial charge in [-0.1, -0.05) is 54.0 Å². The van der Waals surface area contributed by atoms with Crippen LogP contribution in [0.15, 0.2) is 11.6 Å². The lowest BCUT2D eigenvalue weighted by Gasteiger charge is -2.70. The maximum Gasteiger partial charge on any atom is 0.312 e. The number of ketones is 1. The third-order valence-corrected chi connectivity index (χ3v) is 19.2. The average Bonchev–Trinajstić information content (AvgIpc) is 3.25. The molecule has 17 nitrogen and oxygen atoms in total. The Kier molecular flexibility index (Phi) is 13.5. The van der Waals surface area contributed by atoms with Crippen molar-refractivity contribution in [2.24, 2.45) is 50.2 Å². The molecule has 0 aromatic rings. The lowest BCUT2D eigenvalue weighted by atomic mass is 9.33. The van der Waals surface area contributed by atoms with E-state index in [1.165, 1.54) is 21.0 Å². The van der Waals surface area contributed by atoms with Gasteiger partial charge in [-0.2, -0.15) is 0 Å². The second-order valence-electron chi connectivity index (χ2n) is 23.6. The molecule has 0 bridgehead atoms. The third-order valence-electron chi connectivity index (χ3n) is 19.2. The minimum absolute atomic E-state index is 0.00581. The Bertz CT molecular complexity index is 1860. The Morgan fingerprint density at radius 3 is 1.83 bits per heavy atom. The van der Waals surface area contributed by atoms with E-state index in [9.17, 15) is 45.6 Å². The molecule has 8 aliphatic rings.